The number of nitrogens with zero attached hydrogens (tertiary/aromatic N) is 4. The first-order chi connectivity index (χ1) is 19.5. The molecule has 0 amide bonds. The zero-order valence-electron chi connectivity index (χ0n) is 23.4. The van der Waals surface area contributed by atoms with Crippen LogP contribution in [0.25, 0.3) is 11.0 Å². The number of methoxy groups -OCH3 is 1. The number of ether oxygens (including phenoxy) is 2. The Bertz CT molecular complexity index is 1400. The van der Waals surface area contributed by atoms with Gasteiger partial charge in [0.05, 0.1) is 29.8 Å². The number of para-hydroxylation sites is 2. The summed E-state index contributed by atoms with van der Waals surface area (Å²) in [5.41, 5.74) is 2.23. The van der Waals surface area contributed by atoms with Crippen molar-refractivity contribution in [2.45, 2.75) is 32.2 Å². The summed E-state index contributed by atoms with van der Waals surface area (Å²) >= 11 is 6.47. The van der Waals surface area contributed by atoms with Crippen LogP contribution < -0.4 is 20.1 Å². The van der Waals surface area contributed by atoms with Crippen molar-refractivity contribution in [2.24, 2.45) is 0 Å². The normalized spacial score (nSPS) is 14.5. The maximum absolute atomic E-state index is 6.47. The minimum Gasteiger partial charge on any atom is -0.495 e. The molecule has 0 radical (unpaired) electrons. The minimum atomic E-state index is 0.428. The monoisotopic (exact) mass is 563 g/mol. The molecule has 0 spiro atoms. The number of likely N-dealkylation sites (tertiary alicyclic amines) is 1. The molecule has 2 aromatic carbocycles. The zero-order valence-corrected chi connectivity index (χ0v) is 24.2. The van der Waals surface area contributed by atoms with E-state index in [-0.39, 0.29) is 0 Å². The number of aromatic amines is 1. The van der Waals surface area contributed by atoms with Gasteiger partial charge in [0.15, 0.2) is 0 Å². The van der Waals surface area contributed by atoms with Gasteiger partial charge in [0.2, 0.25) is 5.95 Å². The lowest BCUT2D eigenvalue weighted by Crippen LogP contribution is -2.44. The van der Waals surface area contributed by atoms with Gasteiger partial charge in [-0.2, -0.15) is 9.97 Å². The summed E-state index contributed by atoms with van der Waals surface area (Å²) in [7, 11) is 3.85. The summed E-state index contributed by atoms with van der Waals surface area (Å²) < 4.78 is 11.6. The van der Waals surface area contributed by atoms with Gasteiger partial charge >= 0.3 is 0 Å². The van der Waals surface area contributed by atoms with Crippen molar-refractivity contribution in [1.29, 1.82) is 0 Å². The number of hydrogen-bond acceptors (Lipinski definition) is 8. The Balaban J connectivity index is 1.23. The molecule has 0 atom stereocenters. The lowest BCUT2D eigenvalue weighted by molar-refractivity contribution is 0.119. The van der Waals surface area contributed by atoms with Crippen molar-refractivity contribution >= 4 is 45.8 Å². The number of anilines is 4. The largest absolute Gasteiger partial charge is 0.495 e. The number of piperidine rings is 1. The summed E-state index contributed by atoms with van der Waals surface area (Å²) in [6.07, 6.45) is 5.19. The predicted octanol–water partition coefficient (Wildman–Crippen LogP) is 6.29. The van der Waals surface area contributed by atoms with Gasteiger partial charge in [-0.1, -0.05) is 36.7 Å². The fraction of sp³-hybridized carbons (Fsp3) is 0.400. The van der Waals surface area contributed by atoms with E-state index in [2.05, 4.69) is 44.4 Å². The molecule has 1 aliphatic heterocycles. The van der Waals surface area contributed by atoms with Crippen LogP contribution in [0.3, 0.4) is 0 Å². The molecule has 1 saturated heterocycles. The van der Waals surface area contributed by atoms with E-state index in [4.69, 9.17) is 26.1 Å². The van der Waals surface area contributed by atoms with Crippen LogP contribution in [-0.2, 0) is 0 Å². The zero-order chi connectivity index (χ0) is 27.9. The second-order valence-electron chi connectivity index (χ2n) is 10.1. The number of benzene rings is 2. The molecule has 2 aromatic heterocycles. The second-order valence-corrected chi connectivity index (χ2v) is 10.5. The molecule has 3 N–H and O–H groups in total. The Morgan fingerprint density at radius 2 is 1.93 bits per heavy atom. The van der Waals surface area contributed by atoms with Gasteiger partial charge in [-0.25, -0.2) is 0 Å². The van der Waals surface area contributed by atoms with Gasteiger partial charge < -0.3 is 34.9 Å². The third-order valence-corrected chi connectivity index (χ3v) is 7.70. The van der Waals surface area contributed by atoms with Crippen LogP contribution in [0.2, 0.25) is 5.02 Å². The Hall–Kier alpha value is -3.53. The smallest absolute Gasteiger partial charge is 0.231 e. The van der Waals surface area contributed by atoms with E-state index in [1.807, 2.05) is 48.5 Å². The predicted molar refractivity (Wildman–Crippen MR) is 163 cm³/mol. The highest BCUT2D eigenvalue weighted by molar-refractivity contribution is 6.36. The molecular formula is C30H38ClN7O2. The summed E-state index contributed by atoms with van der Waals surface area (Å²) in [5, 5.41) is 7.91. The van der Waals surface area contributed by atoms with Crippen LogP contribution in [0.1, 0.15) is 26.2 Å². The van der Waals surface area contributed by atoms with E-state index >= 15 is 0 Å². The Morgan fingerprint density at radius 3 is 2.73 bits per heavy atom. The van der Waals surface area contributed by atoms with Crippen LogP contribution in [0.15, 0.2) is 54.7 Å². The van der Waals surface area contributed by atoms with E-state index in [1.165, 1.54) is 25.9 Å². The first-order valence-corrected chi connectivity index (χ1v) is 14.3. The van der Waals surface area contributed by atoms with Gasteiger partial charge in [-0.05, 0) is 70.2 Å². The first-order valence-electron chi connectivity index (χ1n) is 13.9. The third-order valence-electron chi connectivity index (χ3n) is 7.40. The lowest BCUT2D eigenvalue weighted by atomic mass is 10.0. The third kappa shape index (κ3) is 6.78. The molecule has 212 valence electrons. The van der Waals surface area contributed by atoms with Crippen LogP contribution in [0, 0.1) is 0 Å². The Morgan fingerprint density at radius 1 is 1.10 bits per heavy atom. The quantitative estimate of drug-likeness (QED) is 0.173. The maximum Gasteiger partial charge on any atom is 0.231 e. The minimum absolute atomic E-state index is 0.428. The summed E-state index contributed by atoms with van der Waals surface area (Å²) in [4.78, 5) is 17.5. The van der Waals surface area contributed by atoms with Gasteiger partial charge in [0.1, 0.15) is 23.0 Å². The number of aromatic nitrogens is 3. The van der Waals surface area contributed by atoms with Gasteiger partial charge in [0, 0.05) is 30.5 Å². The van der Waals surface area contributed by atoms with Crippen LogP contribution in [0.5, 0.6) is 11.5 Å². The molecule has 3 heterocycles. The van der Waals surface area contributed by atoms with E-state index in [0.717, 1.165) is 36.6 Å². The summed E-state index contributed by atoms with van der Waals surface area (Å²) in [6, 6.07) is 16.2. The van der Waals surface area contributed by atoms with Gasteiger partial charge in [-0.15, -0.1) is 0 Å². The highest BCUT2D eigenvalue weighted by Crippen LogP contribution is 2.34. The van der Waals surface area contributed by atoms with Gasteiger partial charge in [0.25, 0.3) is 0 Å². The molecule has 1 fully saturated rings. The highest BCUT2D eigenvalue weighted by atomic mass is 35.5. The summed E-state index contributed by atoms with van der Waals surface area (Å²) in [6.45, 7) is 7.43. The molecule has 10 heteroatoms. The highest BCUT2D eigenvalue weighted by Gasteiger charge is 2.21. The molecular weight excluding hydrogens is 526 g/mol. The topological polar surface area (TPSA) is 90.6 Å². The average Bonchev–Trinajstić information content (AvgIpc) is 3.35. The number of H-pyrrole nitrogens is 1. The van der Waals surface area contributed by atoms with Crippen LogP contribution in [0.4, 0.5) is 23.1 Å². The molecule has 9 nitrogen and oxygen atoms in total. The van der Waals surface area contributed by atoms with E-state index in [1.54, 1.807) is 13.3 Å². The van der Waals surface area contributed by atoms with E-state index < -0.39 is 0 Å². The van der Waals surface area contributed by atoms with Gasteiger partial charge in [-0.3, -0.25) is 0 Å². The Kier molecular flexibility index (Phi) is 9.26. The molecule has 1 aliphatic rings. The van der Waals surface area contributed by atoms with Crippen molar-refractivity contribution < 1.29 is 9.47 Å². The van der Waals surface area contributed by atoms with E-state index in [9.17, 15) is 0 Å². The van der Waals surface area contributed by atoms with Crippen LogP contribution in [-0.4, -0.2) is 77.7 Å². The first kappa shape index (κ1) is 28.0. The fourth-order valence-electron chi connectivity index (χ4n) is 5.23. The Labute approximate surface area is 240 Å². The van der Waals surface area contributed by atoms with E-state index in [0.29, 0.717) is 46.2 Å². The molecule has 0 saturated carbocycles. The molecule has 5 rings (SSSR count). The van der Waals surface area contributed by atoms with Crippen molar-refractivity contribution in [3.63, 3.8) is 0 Å². The van der Waals surface area contributed by atoms with Crippen molar-refractivity contribution in [1.82, 2.24) is 24.8 Å². The van der Waals surface area contributed by atoms with Crippen molar-refractivity contribution in [2.75, 3.05) is 57.6 Å². The molecule has 0 unspecified atom stereocenters. The number of nitrogens with one attached hydrogen (secondary N) is 3. The molecule has 4 aromatic rings. The van der Waals surface area contributed by atoms with Crippen molar-refractivity contribution in [3.05, 3.63) is 59.8 Å². The summed E-state index contributed by atoms with van der Waals surface area (Å²) in [5.74, 6) is 2.51. The lowest BCUT2D eigenvalue weighted by Gasteiger charge is -2.36. The molecule has 40 heavy (non-hydrogen) atoms. The number of fused-ring (bicyclic) bond motifs is 1. The SMILES string of the molecule is CCN(CCCOc1cccc(Nc2nc(Nc3ccccc3OC)c3c(Cl)c[nH]c3n2)c1)C1CCN(C)CC1. The second kappa shape index (κ2) is 13.2. The van der Waals surface area contributed by atoms with Crippen molar-refractivity contribution in [3.8, 4) is 11.5 Å². The number of hydrogen-bond donors (Lipinski definition) is 3. The maximum atomic E-state index is 6.47. The molecule has 0 bridgehead atoms. The number of halogens is 1. The molecule has 0 aliphatic carbocycles. The standard InChI is InChI=1S/C30H38ClN7O2/c1-4-38(22-13-16-37(2)17-14-22)15-8-18-40-23-10-7-9-21(19-23)33-30-35-28-27(24(31)20-32-28)29(36-30)34-25-11-5-6-12-26(25)39-3/h5-7,9-12,19-20,22H,4,8,13-18H2,1-3H3,(H3,32,33,34,35,36). The van der Waals surface area contributed by atoms with Crippen LogP contribution >= 0.6 is 11.6 Å². The number of rotatable bonds is 12. The fourth-order valence-corrected chi connectivity index (χ4v) is 5.46. The average molecular weight is 564 g/mol.